The molecule has 2 aromatic carbocycles. The van der Waals surface area contributed by atoms with E-state index in [0.717, 1.165) is 50.7 Å². The lowest BCUT2D eigenvalue weighted by atomic mass is 9.82. The minimum absolute atomic E-state index is 0.0420. The van der Waals surface area contributed by atoms with Crippen molar-refractivity contribution in [3.63, 3.8) is 0 Å². The maximum absolute atomic E-state index is 13.8. The third-order valence-electron chi connectivity index (χ3n) is 7.41. The molecule has 3 N–H and O–H groups in total. The molecule has 1 aromatic heterocycles. The molecule has 1 unspecified atom stereocenters. The average Bonchev–Trinajstić information content (AvgIpc) is 3.35. The molecule has 1 amide bonds. The van der Waals surface area contributed by atoms with Gasteiger partial charge in [-0.05, 0) is 54.5 Å². The molecule has 0 spiro atoms. The van der Waals surface area contributed by atoms with E-state index >= 15 is 0 Å². The number of amides is 1. The second-order valence-electron chi connectivity index (χ2n) is 10.1. The Kier molecular flexibility index (Phi) is 9.53. The van der Waals surface area contributed by atoms with E-state index in [1.54, 1.807) is 12.1 Å². The van der Waals surface area contributed by atoms with Crippen LogP contribution in [0.1, 0.15) is 84.0 Å². The lowest BCUT2D eigenvalue weighted by Crippen LogP contribution is -2.41. The van der Waals surface area contributed by atoms with Gasteiger partial charge in [0, 0.05) is 34.8 Å². The van der Waals surface area contributed by atoms with Gasteiger partial charge in [0.05, 0.1) is 16.6 Å². The van der Waals surface area contributed by atoms with Crippen LogP contribution in [0.2, 0.25) is 0 Å². The molecule has 1 aliphatic carbocycles. The van der Waals surface area contributed by atoms with Crippen molar-refractivity contribution < 1.29 is 23.5 Å². The van der Waals surface area contributed by atoms with Gasteiger partial charge in [-0.2, -0.15) is 0 Å². The quantitative estimate of drug-likeness (QED) is 0.217. The van der Waals surface area contributed by atoms with E-state index < -0.39 is 17.6 Å². The normalized spacial score (nSPS) is 15.4. The molecule has 40 heavy (non-hydrogen) atoms. The molecular weight excluding hydrogens is 536 g/mol. The fraction of sp³-hybridized carbons (Fsp3) is 0.323. The van der Waals surface area contributed by atoms with Crippen LogP contribution in [0.5, 0.6) is 0 Å². The van der Waals surface area contributed by atoms with Gasteiger partial charge in [0.15, 0.2) is 11.6 Å². The molecule has 4 rings (SSSR count). The number of carbonyl (C=O) groups is 2. The number of benzene rings is 2. The molecule has 6 nitrogen and oxygen atoms in total. The van der Waals surface area contributed by atoms with Gasteiger partial charge in [-0.15, -0.1) is 0 Å². The Morgan fingerprint density at radius 2 is 1.90 bits per heavy atom. The molecule has 0 saturated heterocycles. The third kappa shape index (κ3) is 6.50. The van der Waals surface area contributed by atoms with Gasteiger partial charge in [-0.1, -0.05) is 62.9 Å². The van der Waals surface area contributed by atoms with Crippen molar-refractivity contribution in [1.29, 1.82) is 0 Å². The van der Waals surface area contributed by atoms with Gasteiger partial charge in [0.2, 0.25) is 0 Å². The average molecular weight is 568 g/mol. The summed E-state index contributed by atoms with van der Waals surface area (Å²) in [6, 6.07) is 6.47. The molecule has 0 radical (unpaired) electrons. The number of carbonyl (C=O) groups excluding carboxylic acids is 1. The lowest BCUT2D eigenvalue weighted by Gasteiger charge is -2.31. The number of carboxylic acids is 1. The smallest absolute Gasteiger partial charge is 0.336 e. The summed E-state index contributed by atoms with van der Waals surface area (Å²) < 4.78 is 27.5. The van der Waals surface area contributed by atoms with Crippen LogP contribution in [-0.2, 0) is 0 Å². The van der Waals surface area contributed by atoms with E-state index in [-0.39, 0.29) is 51.1 Å². The number of aromatic nitrogens is 2. The topological polar surface area (TPSA) is 95.1 Å². The van der Waals surface area contributed by atoms with Crippen LogP contribution in [0.4, 0.5) is 8.78 Å². The number of hydrogen-bond donors (Lipinski definition) is 3. The van der Waals surface area contributed by atoms with Crippen molar-refractivity contribution in [1.82, 2.24) is 15.3 Å². The van der Waals surface area contributed by atoms with Gasteiger partial charge in [-0.3, -0.25) is 4.79 Å². The van der Waals surface area contributed by atoms with Crippen molar-refractivity contribution in [2.24, 2.45) is 5.92 Å². The van der Waals surface area contributed by atoms with E-state index in [1.807, 2.05) is 0 Å². The van der Waals surface area contributed by atoms with E-state index in [9.17, 15) is 23.5 Å². The Hall–Kier alpha value is -3.78. The summed E-state index contributed by atoms with van der Waals surface area (Å²) in [5.74, 6) is -2.98. The Balaban J connectivity index is 1.67. The monoisotopic (exact) mass is 567 g/mol. The molecule has 0 bridgehead atoms. The first-order chi connectivity index (χ1) is 19.2. The van der Waals surface area contributed by atoms with Crippen LogP contribution < -0.4 is 5.32 Å². The molecule has 1 fully saturated rings. The predicted octanol–water partition coefficient (Wildman–Crippen LogP) is 7.87. The predicted molar refractivity (Wildman–Crippen MR) is 154 cm³/mol. The Morgan fingerprint density at radius 1 is 1.18 bits per heavy atom. The summed E-state index contributed by atoms with van der Waals surface area (Å²) in [5, 5.41) is 13.2. The van der Waals surface area contributed by atoms with Crippen LogP contribution in [-0.4, -0.2) is 33.0 Å². The molecule has 1 saturated carbocycles. The Labute approximate surface area is 236 Å². The van der Waals surface area contributed by atoms with E-state index in [1.165, 1.54) is 30.2 Å². The summed E-state index contributed by atoms with van der Waals surface area (Å²) in [6.45, 7) is 6.18. The van der Waals surface area contributed by atoms with E-state index in [2.05, 4.69) is 28.8 Å². The Bertz CT molecular complexity index is 1450. The van der Waals surface area contributed by atoms with Gasteiger partial charge in [0.25, 0.3) is 5.91 Å². The first-order valence-electron chi connectivity index (χ1n) is 13.4. The maximum atomic E-state index is 13.8. The number of imidazole rings is 1. The molecule has 1 atom stereocenters. The minimum atomic E-state index is -1.23. The minimum Gasteiger partial charge on any atom is -0.478 e. The number of nitrogens with one attached hydrogen (secondary N) is 2. The number of carboxylic acid groups (broad SMARTS) is 1. The molecule has 9 heteroatoms. The number of fused-ring (bicyclic) bond motifs is 1. The summed E-state index contributed by atoms with van der Waals surface area (Å²) >= 11 is 5.74. The number of rotatable bonds is 10. The number of aromatic carboxylic acids is 1. The number of hydrogen-bond acceptors (Lipinski definition) is 3. The SMILES string of the molecule is C=C(/C(=C\C=C/Cl)c1nc2cc(F)c(F)cc2[nH]1)c1ccc(C(=O)NC(CCC)C2CCCCC2)cc1C(=O)O. The molecular formula is C31H32ClF2N3O3. The zero-order valence-electron chi connectivity index (χ0n) is 22.3. The fourth-order valence-corrected chi connectivity index (χ4v) is 5.46. The summed E-state index contributed by atoms with van der Waals surface area (Å²) in [4.78, 5) is 32.8. The standard InChI is InChI=1S/C31H32ClF2N3O3/c1-3-8-26(19-9-5-4-6-10-19)37-30(38)20-12-13-21(23(15-20)31(39)40)18(2)22(11-7-14-32)29-35-27-16-24(33)25(34)17-28(27)36-29/h7,11-17,19,26H,2-6,8-10H2,1H3,(H,35,36)(H,37,38)(H,39,40)/b14-7-,22-11+. The van der Waals surface area contributed by atoms with Crippen LogP contribution in [0.15, 0.2) is 54.6 Å². The zero-order chi connectivity index (χ0) is 28.8. The molecule has 3 aromatic rings. The molecule has 1 aliphatic rings. The molecule has 210 valence electrons. The number of H-pyrrole nitrogens is 1. The number of allylic oxidation sites excluding steroid dienone is 4. The summed E-state index contributed by atoms with van der Waals surface area (Å²) in [6.07, 6.45) is 10.6. The summed E-state index contributed by atoms with van der Waals surface area (Å²) in [7, 11) is 0. The van der Waals surface area contributed by atoms with E-state index in [0.29, 0.717) is 11.5 Å². The second kappa shape index (κ2) is 13.0. The van der Waals surface area contributed by atoms with Crippen LogP contribution >= 0.6 is 11.6 Å². The van der Waals surface area contributed by atoms with Crippen molar-refractivity contribution in [2.45, 2.75) is 57.9 Å². The fourth-order valence-electron chi connectivity index (χ4n) is 5.38. The third-order valence-corrected chi connectivity index (χ3v) is 7.56. The highest BCUT2D eigenvalue weighted by Crippen LogP contribution is 2.33. The van der Waals surface area contributed by atoms with Crippen molar-refractivity contribution in [3.05, 3.63) is 88.7 Å². The number of nitrogens with zero attached hydrogens (tertiary/aromatic N) is 1. The van der Waals surface area contributed by atoms with Gasteiger partial charge in [0.1, 0.15) is 5.82 Å². The summed E-state index contributed by atoms with van der Waals surface area (Å²) in [5.41, 5.74) is 2.70. The first-order valence-corrected chi connectivity index (χ1v) is 13.9. The molecule has 0 aliphatic heterocycles. The highest BCUT2D eigenvalue weighted by molar-refractivity contribution is 6.25. The lowest BCUT2D eigenvalue weighted by molar-refractivity contribution is 0.0696. The number of aromatic amines is 1. The maximum Gasteiger partial charge on any atom is 0.336 e. The Morgan fingerprint density at radius 3 is 2.58 bits per heavy atom. The van der Waals surface area contributed by atoms with E-state index in [4.69, 9.17) is 11.6 Å². The number of halogens is 3. The van der Waals surface area contributed by atoms with Crippen molar-refractivity contribution in [3.8, 4) is 0 Å². The largest absolute Gasteiger partial charge is 0.478 e. The van der Waals surface area contributed by atoms with Crippen LogP contribution in [0.25, 0.3) is 22.2 Å². The van der Waals surface area contributed by atoms with Crippen LogP contribution in [0, 0.1) is 17.6 Å². The highest BCUT2D eigenvalue weighted by atomic mass is 35.5. The highest BCUT2D eigenvalue weighted by Gasteiger charge is 2.26. The van der Waals surface area contributed by atoms with Gasteiger partial charge in [-0.25, -0.2) is 18.6 Å². The zero-order valence-corrected chi connectivity index (χ0v) is 23.0. The van der Waals surface area contributed by atoms with Crippen molar-refractivity contribution >= 4 is 45.7 Å². The van der Waals surface area contributed by atoms with Gasteiger partial charge >= 0.3 is 5.97 Å². The van der Waals surface area contributed by atoms with Crippen molar-refractivity contribution in [2.75, 3.05) is 0 Å². The second-order valence-corrected chi connectivity index (χ2v) is 10.3. The van der Waals surface area contributed by atoms with Crippen LogP contribution in [0.3, 0.4) is 0 Å². The molecule has 1 heterocycles. The van der Waals surface area contributed by atoms with Gasteiger partial charge < -0.3 is 15.4 Å². The first kappa shape index (κ1) is 29.2.